The number of fused-ring (bicyclic) bond motifs is 3. The summed E-state index contributed by atoms with van der Waals surface area (Å²) in [5.41, 5.74) is 1.11. The van der Waals surface area contributed by atoms with Crippen molar-refractivity contribution >= 4 is 60.8 Å². The van der Waals surface area contributed by atoms with Gasteiger partial charge in [0.05, 0.1) is 29.5 Å². The molecule has 0 bridgehead atoms. The van der Waals surface area contributed by atoms with E-state index in [1.807, 2.05) is 12.1 Å². The first kappa shape index (κ1) is 19.1. The van der Waals surface area contributed by atoms with Crippen LogP contribution < -0.4 is 10.9 Å². The van der Waals surface area contributed by atoms with Gasteiger partial charge < -0.3 is 10.1 Å². The van der Waals surface area contributed by atoms with Crippen LogP contribution in [0.5, 0.6) is 0 Å². The van der Waals surface area contributed by atoms with Gasteiger partial charge in [-0.2, -0.15) is 0 Å². The summed E-state index contributed by atoms with van der Waals surface area (Å²) >= 11 is 7.55. The Morgan fingerprint density at radius 3 is 2.69 bits per heavy atom. The lowest BCUT2D eigenvalue weighted by Crippen LogP contribution is -2.27. The molecule has 2 aromatic heterocycles. The third kappa shape index (κ3) is 3.59. The van der Waals surface area contributed by atoms with Gasteiger partial charge in [-0.25, -0.2) is 9.78 Å². The van der Waals surface area contributed by atoms with E-state index in [2.05, 4.69) is 15.0 Å². The molecule has 0 spiro atoms. The molecular formula is C20H14ClN3O4S. The second-order valence-electron chi connectivity index (χ2n) is 6.19. The van der Waals surface area contributed by atoms with Gasteiger partial charge in [-0.1, -0.05) is 17.7 Å². The Kier molecular flexibility index (Phi) is 5.04. The zero-order chi connectivity index (χ0) is 20.5. The van der Waals surface area contributed by atoms with Crippen molar-refractivity contribution in [2.45, 2.75) is 6.54 Å². The number of benzene rings is 2. The van der Waals surface area contributed by atoms with Crippen LogP contribution in [-0.4, -0.2) is 28.5 Å². The number of aromatic nitrogens is 2. The molecule has 0 saturated carbocycles. The Bertz CT molecular complexity index is 1310. The van der Waals surface area contributed by atoms with Crippen molar-refractivity contribution in [1.82, 2.24) is 9.55 Å². The molecule has 146 valence electrons. The van der Waals surface area contributed by atoms with Gasteiger partial charge >= 0.3 is 5.97 Å². The van der Waals surface area contributed by atoms with Gasteiger partial charge in [-0.15, -0.1) is 11.3 Å². The molecule has 4 rings (SSSR count). The maximum Gasteiger partial charge on any atom is 0.337 e. The fourth-order valence-corrected chi connectivity index (χ4v) is 4.40. The lowest BCUT2D eigenvalue weighted by Gasteiger charge is -2.08. The normalized spacial score (nSPS) is 11.0. The number of hydrogen-bond acceptors (Lipinski definition) is 6. The van der Waals surface area contributed by atoms with Crippen LogP contribution >= 0.6 is 22.9 Å². The molecule has 2 heterocycles. The van der Waals surface area contributed by atoms with Crippen LogP contribution in [0, 0.1) is 0 Å². The number of esters is 1. The van der Waals surface area contributed by atoms with Gasteiger partial charge in [0.1, 0.15) is 11.2 Å². The molecule has 4 aromatic rings. The number of carbonyl (C=O) groups excluding carboxylic acids is 2. The first-order valence-electron chi connectivity index (χ1n) is 8.52. The van der Waals surface area contributed by atoms with Crippen molar-refractivity contribution in [3.63, 3.8) is 0 Å². The maximum absolute atomic E-state index is 12.8. The van der Waals surface area contributed by atoms with Crippen LogP contribution in [0.25, 0.3) is 20.3 Å². The molecule has 29 heavy (non-hydrogen) atoms. The van der Waals surface area contributed by atoms with Gasteiger partial charge in [0.15, 0.2) is 0 Å². The summed E-state index contributed by atoms with van der Waals surface area (Å²) in [6.07, 6.45) is 1.35. The fourth-order valence-electron chi connectivity index (χ4n) is 2.94. The van der Waals surface area contributed by atoms with Crippen LogP contribution in [0.2, 0.25) is 5.02 Å². The van der Waals surface area contributed by atoms with Gasteiger partial charge in [0.25, 0.3) is 5.56 Å². The Labute approximate surface area is 173 Å². The van der Waals surface area contributed by atoms with E-state index in [1.54, 1.807) is 30.3 Å². The molecule has 0 aliphatic heterocycles. The van der Waals surface area contributed by atoms with Crippen molar-refractivity contribution < 1.29 is 14.3 Å². The van der Waals surface area contributed by atoms with Crippen molar-refractivity contribution in [2.24, 2.45) is 0 Å². The molecular weight excluding hydrogens is 414 g/mol. The SMILES string of the molecule is COC(=O)c1ccc(NC(=O)Cn2cnc3c(sc4cccc(Cl)c43)c2=O)cc1. The Balaban J connectivity index is 1.57. The highest BCUT2D eigenvalue weighted by atomic mass is 35.5. The number of anilines is 1. The average Bonchev–Trinajstić information content (AvgIpc) is 3.11. The summed E-state index contributed by atoms with van der Waals surface area (Å²) in [6, 6.07) is 11.7. The summed E-state index contributed by atoms with van der Waals surface area (Å²) < 4.78 is 7.20. The van der Waals surface area contributed by atoms with Crippen molar-refractivity contribution in [3.05, 3.63) is 69.7 Å². The van der Waals surface area contributed by atoms with E-state index < -0.39 is 11.9 Å². The number of nitrogens with one attached hydrogen (secondary N) is 1. The number of amides is 1. The molecule has 0 saturated heterocycles. The Morgan fingerprint density at radius 1 is 1.21 bits per heavy atom. The zero-order valence-electron chi connectivity index (χ0n) is 15.1. The van der Waals surface area contributed by atoms with E-state index in [4.69, 9.17) is 11.6 Å². The summed E-state index contributed by atoms with van der Waals surface area (Å²) in [4.78, 5) is 41.0. The number of hydrogen-bond donors (Lipinski definition) is 1. The van der Waals surface area contributed by atoms with Gasteiger partial charge in [-0.3, -0.25) is 14.2 Å². The van der Waals surface area contributed by atoms with Gasteiger partial charge in [0, 0.05) is 15.8 Å². The second-order valence-corrected chi connectivity index (χ2v) is 7.65. The molecule has 9 heteroatoms. The molecule has 0 unspecified atom stereocenters. The minimum Gasteiger partial charge on any atom is -0.465 e. The van der Waals surface area contributed by atoms with Crippen molar-refractivity contribution in [3.8, 4) is 0 Å². The number of halogens is 1. The smallest absolute Gasteiger partial charge is 0.337 e. The summed E-state index contributed by atoms with van der Waals surface area (Å²) in [5, 5.41) is 3.97. The Morgan fingerprint density at radius 2 is 1.97 bits per heavy atom. The molecule has 0 atom stereocenters. The average molecular weight is 428 g/mol. The van der Waals surface area contributed by atoms with Crippen molar-refractivity contribution in [2.75, 3.05) is 12.4 Å². The quantitative estimate of drug-likeness (QED) is 0.501. The van der Waals surface area contributed by atoms with Crippen LogP contribution in [0.4, 0.5) is 5.69 Å². The van der Waals surface area contributed by atoms with E-state index in [1.165, 1.54) is 29.3 Å². The number of carbonyl (C=O) groups is 2. The van der Waals surface area contributed by atoms with E-state index >= 15 is 0 Å². The minimum atomic E-state index is -0.461. The molecule has 1 amide bonds. The monoisotopic (exact) mass is 427 g/mol. The number of thiophene rings is 1. The Hall–Kier alpha value is -3.23. The molecule has 0 aliphatic rings. The summed E-state index contributed by atoms with van der Waals surface area (Å²) in [7, 11) is 1.30. The van der Waals surface area contributed by atoms with Crippen LogP contribution in [0.15, 0.2) is 53.6 Å². The highest BCUT2D eigenvalue weighted by Crippen LogP contribution is 2.34. The van der Waals surface area contributed by atoms with E-state index in [9.17, 15) is 14.4 Å². The summed E-state index contributed by atoms with van der Waals surface area (Å²) in [6.45, 7) is -0.192. The van der Waals surface area contributed by atoms with Crippen LogP contribution in [0.1, 0.15) is 10.4 Å². The molecule has 2 aromatic carbocycles. The van der Waals surface area contributed by atoms with Gasteiger partial charge in [-0.05, 0) is 36.4 Å². The predicted octanol–water partition coefficient (Wildman–Crippen LogP) is 3.69. The first-order valence-corrected chi connectivity index (χ1v) is 9.72. The molecule has 7 nitrogen and oxygen atoms in total. The standard InChI is InChI=1S/C20H14ClN3O4S/c1-28-20(27)11-5-7-12(8-6-11)23-15(25)9-24-10-22-17-16-13(21)3-2-4-14(16)29-18(17)19(24)26/h2-8,10H,9H2,1H3,(H,23,25). The van der Waals surface area contributed by atoms with Crippen LogP contribution in [0.3, 0.4) is 0 Å². The molecule has 0 fully saturated rings. The third-order valence-electron chi connectivity index (χ3n) is 4.32. The molecule has 1 N–H and O–H groups in total. The lowest BCUT2D eigenvalue weighted by atomic mass is 10.2. The molecule has 0 radical (unpaired) electrons. The number of rotatable bonds is 4. The van der Waals surface area contributed by atoms with Crippen LogP contribution in [-0.2, 0) is 16.1 Å². The van der Waals surface area contributed by atoms with Crippen molar-refractivity contribution in [1.29, 1.82) is 0 Å². The highest BCUT2D eigenvalue weighted by molar-refractivity contribution is 7.25. The number of nitrogens with zero attached hydrogens (tertiary/aromatic N) is 2. The predicted molar refractivity (Wildman–Crippen MR) is 113 cm³/mol. The number of ether oxygens (including phenoxy) is 1. The minimum absolute atomic E-state index is 0.192. The van der Waals surface area contributed by atoms with Gasteiger partial charge in [0.2, 0.25) is 5.91 Å². The topological polar surface area (TPSA) is 90.3 Å². The number of methoxy groups -OCH3 is 1. The fraction of sp³-hybridized carbons (Fsp3) is 0.100. The maximum atomic E-state index is 12.8. The highest BCUT2D eigenvalue weighted by Gasteiger charge is 2.15. The first-order chi connectivity index (χ1) is 14.0. The lowest BCUT2D eigenvalue weighted by molar-refractivity contribution is -0.116. The third-order valence-corrected chi connectivity index (χ3v) is 5.77. The largest absolute Gasteiger partial charge is 0.465 e. The molecule has 0 aliphatic carbocycles. The van der Waals surface area contributed by atoms with E-state index in [0.717, 1.165) is 10.1 Å². The second kappa shape index (κ2) is 7.65. The zero-order valence-corrected chi connectivity index (χ0v) is 16.7. The summed E-state index contributed by atoms with van der Waals surface area (Å²) in [5.74, 6) is -0.851. The van der Waals surface area contributed by atoms with E-state index in [0.29, 0.717) is 26.5 Å². The van der Waals surface area contributed by atoms with E-state index in [-0.39, 0.29) is 12.1 Å².